The molecule has 1 atom stereocenters. The number of anilines is 2. The van der Waals surface area contributed by atoms with Crippen molar-refractivity contribution in [3.05, 3.63) is 29.8 Å². The third kappa shape index (κ3) is 6.29. The Morgan fingerprint density at radius 1 is 1.21 bits per heavy atom. The van der Waals surface area contributed by atoms with E-state index in [1.165, 1.54) is 49.8 Å². The van der Waals surface area contributed by atoms with Gasteiger partial charge in [-0.25, -0.2) is 0 Å². The Morgan fingerprint density at radius 3 is 2.62 bits per heavy atom. The molecule has 1 heterocycles. The number of halogens is 3. The summed E-state index contributed by atoms with van der Waals surface area (Å²) in [5.74, 6) is -1.00. The minimum Gasteiger partial charge on any atom is -0.406 e. The zero-order valence-corrected chi connectivity index (χ0v) is 16.5. The SMILES string of the molecule is COC(C(=O)Nc1nnc(NC2CCCCC2)s1)c1cccc(OC(F)(F)F)c1. The molecule has 29 heavy (non-hydrogen) atoms. The van der Waals surface area contributed by atoms with Gasteiger partial charge in [-0.15, -0.1) is 23.4 Å². The molecule has 7 nitrogen and oxygen atoms in total. The van der Waals surface area contributed by atoms with Gasteiger partial charge in [-0.3, -0.25) is 10.1 Å². The van der Waals surface area contributed by atoms with Crippen LogP contribution in [0.1, 0.15) is 43.8 Å². The van der Waals surface area contributed by atoms with Crippen molar-refractivity contribution in [3.8, 4) is 5.75 Å². The maximum atomic E-state index is 12.6. The molecule has 1 amide bonds. The molecule has 2 N–H and O–H groups in total. The number of carbonyl (C=O) groups excluding carboxylic acids is 1. The number of hydrogen-bond donors (Lipinski definition) is 2. The summed E-state index contributed by atoms with van der Waals surface area (Å²) in [6.45, 7) is 0. The lowest BCUT2D eigenvalue weighted by Crippen LogP contribution is -2.23. The smallest absolute Gasteiger partial charge is 0.406 e. The third-order valence-corrected chi connectivity index (χ3v) is 5.23. The Kier molecular flexibility index (Phi) is 6.91. The lowest BCUT2D eigenvalue weighted by Gasteiger charge is -2.21. The van der Waals surface area contributed by atoms with E-state index in [1.54, 1.807) is 0 Å². The van der Waals surface area contributed by atoms with Gasteiger partial charge >= 0.3 is 6.36 Å². The maximum Gasteiger partial charge on any atom is 0.573 e. The molecule has 0 bridgehead atoms. The van der Waals surface area contributed by atoms with Gasteiger partial charge in [-0.05, 0) is 30.5 Å². The highest BCUT2D eigenvalue weighted by atomic mass is 32.1. The Balaban J connectivity index is 1.63. The fraction of sp³-hybridized carbons (Fsp3) is 0.500. The predicted octanol–water partition coefficient (Wildman–Crippen LogP) is 4.51. The van der Waals surface area contributed by atoms with E-state index in [2.05, 4.69) is 25.6 Å². The topological polar surface area (TPSA) is 85.4 Å². The van der Waals surface area contributed by atoms with Crippen molar-refractivity contribution in [1.29, 1.82) is 0 Å². The van der Waals surface area contributed by atoms with Crippen molar-refractivity contribution in [3.63, 3.8) is 0 Å². The molecule has 1 aliphatic rings. The number of rotatable bonds is 7. The molecule has 1 aliphatic carbocycles. The monoisotopic (exact) mass is 430 g/mol. The first kappa shape index (κ1) is 21.3. The summed E-state index contributed by atoms with van der Waals surface area (Å²) in [4.78, 5) is 12.6. The first-order valence-corrected chi connectivity index (χ1v) is 9.95. The number of alkyl halides is 3. The van der Waals surface area contributed by atoms with Crippen LogP contribution in [0, 0.1) is 0 Å². The van der Waals surface area contributed by atoms with E-state index in [0.29, 0.717) is 11.2 Å². The predicted molar refractivity (Wildman–Crippen MR) is 102 cm³/mol. The minimum absolute atomic E-state index is 0.219. The van der Waals surface area contributed by atoms with Crippen molar-refractivity contribution < 1.29 is 27.4 Å². The van der Waals surface area contributed by atoms with Gasteiger partial charge in [-0.1, -0.05) is 42.7 Å². The number of amides is 1. The van der Waals surface area contributed by atoms with Crippen molar-refractivity contribution in [1.82, 2.24) is 10.2 Å². The van der Waals surface area contributed by atoms with Gasteiger partial charge < -0.3 is 14.8 Å². The van der Waals surface area contributed by atoms with E-state index in [1.807, 2.05) is 0 Å². The number of carbonyl (C=O) groups is 1. The third-order valence-electron chi connectivity index (χ3n) is 4.46. The second kappa shape index (κ2) is 9.40. The summed E-state index contributed by atoms with van der Waals surface area (Å²) in [6, 6.07) is 5.44. The fourth-order valence-corrected chi connectivity index (χ4v) is 3.92. The zero-order chi connectivity index (χ0) is 20.9. The van der Waals surface area contributed by atoms with E-state index in [4.69, 9.17) is 4.74 Å². The Labute approximate surface area is 169 Å². The molecular weight excluding hydrogens is 409 g/mol. The lowest BCUT2D eigenvalue weighted by molar-refractivity contribution is -0.274. The maximum absolute atomic E-state index is 12.6. The minimum atomic E-state index is -4.82. The summed E-state index contributed by atoms with van der Waals surface area (Å²) < 4.78 is 46.3. The van der Waals surface area contributed by atoms with Crippen LogP contribution in [-0.4, -0.2) is 35.6 Å². The summed E-state index contributed by atoms with van der Waals surface area (Å²) in [6.07, 6.45) is -0.224. The molecular formula is C18H21F3N4O3S. The number of methoxy groups -OCH3 is 1. The molecule has 1 fully saturated rings. The molecule has 0 aliphatic heterocycles. The Hall–Kier alpha value is -2.40. The van der Waals surface area contributed by atoms with E-state index >= 15 is 0 Å². The van der Waals surface area contributed by atoms with Crippen molar-refractivity contribution in [2.45, 2.75) is 50.6 Å². The van der Waals surface area contributed by atoms with Gasteiger partial charge in [0.2, 0.25) is 10.3 Å². The molecule has 0 radical (unpaired) electrons. The summed E-state index contributed by atoms with van der Waals surface area (Å²) in [7, 11) is 1.29. The van der Waals surface area contributed by atoms with Crippen LogP contribution in [0.15, 0.2) is 24.3 Å². The van der Waals surface area contributed by atoms with Gasteiger partial charge in [0.05, 0.1) is 0 Å². The van der Waals surface area contributed by atoms with Gasteiger partial charge in [0.15, 0.2) is 6.10 Å². The molecule has 0 saturated heterocycles. The first-order chi connectivity index (χ1) is 13.8. The standard InChI is InChI=1S/C18H21F3N4O3S/c1-27-14(11-6-5-9-13(10-11)28-18(19,20)21)15(26)23-17-25-24-16(29-17)22-12-7-3-2-4-8-12/h5-6,9-10,12,14H,2-4,7-8H2,1H3,(H,22,24)(H,23,25,26). The molecule has 158 valence electrons. The summed E-state index contributed by atoms with van der Waals surface area (Å²) >= 11 is 1.19. The molecule has 3 rings (SSSR count). The van der Waals surface area contributed by atoms with Crippen LogP contribution in [-0.2, 0) is 9.53 Å². The Morgan fingerprint density at radius 2 is 1.93 bits per heavy atom. The zero-order valence-electron chi connectivity index (χ0n) is 15.7. The van der Waals surface area contributed by atoms with Crippen LogP contribution in [0.2, 0.25) is 0 Å². The van der Waals surface area contributed by atoms with Crippen molar-refractivity contribution in [2.75, 3.05) is 17.7 Å². The highest BCUT2D eigenvalue weighted by molar-refractivity contribution is 7.19. The first-order valence-electron chi connectivity index (χ1n) is 9.13. The van der Waals surface area contributed by atoms with Crippen LogP contribution in [0.5, 0.6) is 5.75 Å². The number of hydrogen-bond acceptors (Lipinski definition) is 7. The second-order valence-electron chi connectivity index (χ2n) is 6.62. The summed E-state index contributed by atoms with van der Waals surface area (Å²) in [5, 5.41) is 14.8. The van der Waals surface area contributed by atoms with Crippen LogP contribution in [0.3, 0.4) is 0 Å². The van der Waals surface area contributed by atoms with Gasteiger partial charge in [-0.2, -0.15) is 0 Å². The summed E-state index contributed by atoms with van der Waals surface area (Å²) in [5.41, 5.74) is 0.219. The van der Waals surface area contributed by atoms with Gasteiger partial charge in [0.25, 0.3) is 5.91 Å². The lowest BCUT2D eigenvalue weighted by atomic mass is 9.96. The molecule has 1 unspecified atom stereocenters. The van der Waals surface area contributed by atoms with E-state index < -0.39 is 24.1 Å². The van der Waals surface area contributed by atoms with Crippen molar-refractivity contribution >= 4 is 27.5 Å². The second-order valence-corrected chi connectivity index (χ2v) is 7.59. The average Bonchev–Trinajstić information content (AvgIpc) is 3.09. The van der Waals surface area contributed by atoms with E-state index in [-0.39, 0.29) is 10.7 Å². The van der Waals surface area contributed by atoms with Crippen LogP contribution >= 0.6 is 11.3 Å². The molecule has 0 spiro atoms. The quantitative estimate of drug-likeness (QED) is 0.672. The van der Waals surface area contributed by atoms with E-state index in [0.717, 1.165) is 25.0 Å². The van der Waals surface area contributed by atoms with Crippen molar-refractivity contribution in [2.24, 2.45) is 0 Å². The van der Waals surface area contributed by atoms with Crippen LogP contribution < -0.4 is 15.4 Å². The number of nitrogens with one attached hydrogen (secondary N) is 2. The molecule has 11 heteroatoms. The number of benzene rings is 1. The molecule has 1 aromatic heterocycles. The normalized spacial score (nSPS) is 16.3. The van der Waals surface area contributed by atoms with Gasteiger partial charge in [0.1, 0.15) is 5.75 Å². The van der Waals surface area contributed by atoms with Crippen LogP contribution in [0.4, 0.5) is 23.4 Å². The van der Waals surface area contributed by atoms with Crippen LogP contribution in [0.25, 0.3) is 0 Å². The Bertz CT molecular complexity index is 825. The highest BCUT2D eigenvalue weighted by Crippen LogP contribution is 2.29. The average molecular weight is 430 g/mol. The largest absolute Gasteiger partial charge is 0.573 e. The number of nitrogens with zero attached hydrogens (tertiary/aromatic N) is 2. The fourth-order valence-electron chi connectivity index (χ4n) is 3.19. The highest BCUT2D eigenvalue weighted by Gasteiger charge is 2.31. The number of ether oxygens (including phenoxy) is 2. The van der Waals surface area contributed by atoms with E-state index in [9.17, 15) is 18.0 Å². The molecule has 1 aromatic carbocycles. The molecule has 2 aromatic rings. The number of aromatic nitrogens is 2. The molecule has 1 saturated carbocycles. The van der Waals surface area contributed by atoms with Gasteiger partial charge in [0, 0.05) is 13.2 Å².